The third kappa shape index (κ3) is 6.47. The molecule has 254 valence electrons. The van der Waals surface area contributed by atoms with Gasteiger partial charge in [0.05, 0.1) is 17.4 Å². The molecular formula is C35H48FN7O4. The number of likely N-dealkylation sites (tertiary alicyclic amines) is 1. The maximum Gasteiger partial charge on any atom is 0.411 e. The molecular weight excluding hydrogens is 601 g/mol. The second kappa shape index (κ2) is 12.9. The quantitative estimate of drug-likeness (QED) is 0.410. The van der Waals surface area contributed by atoms with Crippen LogP contribution >= 0.6 is 0 Å². The van der Waals surface area contributed by atoms with Gasteiger partial charge in [-0.2, -0.15) is 0 Å². The first-order valence-corrected chi connectivity index (χ1v) is 17.1. The summed E-state index contributed by atoms with van der Waals surface area (Å²) in [5.74, 6) is 0.522. The topological polar surface area (TPSA) is 102 Å². The number of amides is 3. The first-order valence-electron chi connectivity index (χ1n) is 17.1. The molecule has 0 spiro atoms. The van der Waals surface area contributed by atoms with Crippen LogP contribution in [0.2, 0.25) is 0 Å². The highest BCUT2D eigenvalue weighted by molar-refractivity contribution is 6.01. The normalized spacial score (nSPS) is 22.7. The fourth-order valence-electron chi connectivity index (χ4n) is 7.85. The number of nitrogens with zero attached hydrogens (tertiary/aromatic N) is 7. The van der Waals surface area contributed by atoms with Gasteiger partial charge < -0.3 is 24.3 Å². The lowest BCUT2D eigenvalue weighted by Gasteiger charge is -2.53. The lowest BCUT2D eigenvalue weighted by atomic mass is 9.74. The summed E-state index contributed by atoms with van der Waals surface area (Å²) in [6.45, 7) is 15.1. The lowest BCUT2D eigenvalue weighted by molar-refractivity contribution is -0.151. The van der Waals surface area contributed by atoms with Crippen LogP contribution in [0.4, 0.5) is 26.4 Å². The minimum Gasteiger partial charge on any atom is -0.444 e. The van der Waals surface area contributed by atoms with Crippen molar-refractivity contribution in [3.8, 4) is 0 Å². The summed E-state index contributed by atoms with van der Waals surface area (Å²) in [5.41, 5.74) is 1.08. The van der Waals surface area contributed by atoms with E-state index in [1.54, 1.807) is 22.1 Å². The molecule has 0 N–H and O–H groups in total. The zero-order valence-electron chi connectivity index (χ0n) is 28.5. The highest BCUT2D eigenvalue weighted by Crippen LogP contribution is 2.42. The van der Waals surface area contributed by atoms with Gasteiger partial charge in [-0.15, -0.1) is 0 Å². The Hall–Kier alpha value is -3.96. The fraction of sp³-hybridized carbons (Fsp3) is 0.629. The molecule has 3 amide bonds. The third-order valence-corrected chi connectivity index (χ3v) is 10.0. The van der Waals surface area contributed by atoms with Gasteiger partial charge in [0.25, 0.3) is 5.91 Å². The van der Waals surface area contributed by atoms with E-state index in [9.17, 15) is 18.8 Å². The van der Waals surface area contributed by atoms with Crippen LogP contribution in [-0.2, 0) is 9.53 Å². The predicted octanol–water partition coefficient (Wildman–Crippen LogP) is 5.08. The second-order valence-electron chi connectivity index (χ2n) is 14.7. The van der Waals surface area contributed by atoms with Crippen LogP contribution in [0.5, 0.6) is 0 Å². The third-order valence-electron chi connectivity index (χ3n) is 10.0. The first-order chi connectivity index (χ1) is 22.4. The number of aromatic nitrogens is 2. The number of piperidine rings is 2. The Kier molecular flexibility index (Phi) is 9.06. The van der Waals surface area contributed by atoms with E-state index in [4.69, 9.17) is 4.74 Å². The first kappa shape index (κ1) is 33.0. The molecule has 2 bridgehead atoms. The average Bonchev–Trinajstić information content (AvgIpc) is 3.01. The maximum absolute atomic E-state index is 14.5. The zero-order valence-corrected chi connectivity index (χ0v) is 28.5. The average molecular weight is 650 g/mol. The number of rotatable bonds is 7. The summed E-state index contributed by atoms with van der Waals surface area (Å²) in [6, 6.07) is 3.94. The van der Waals surface area contributed by atoms with E-state index in [1.807, 2.05) is 51.3 Å². The monoisotopic (exact) mass is 649 g/mol. The molecule has 4 fully saturated rings. The van der Waals surface area contributed by atoms with Crippen LogP contribution < -0.4 is 9.80 Å². The molecule has 0 unspecified atom stereocenters. The van der Waals surface area contributed by atoms with Crippen LogP contribution in [0.1, 0.15) is 77.6 Å². The number of hydrogen-bond donors (Lipinski definition) is 0. The molecule has 3 saturated heterocycles. The Balaban J connectivity index is 1.15. The van der Waals surface area contributed by atoms with Gasteiger partial charge in [-0.3, -0.25) is 14.5 Å². The molecule has 11 nitrogen and oxygen atoms in total. The summed E-state index contributed by atoms with van der Waals surface area (Å²) in [6.07, 6.45) is 6.66. The number of carbonyl (C=O) groups is 3. The van der Waals surface area contributed by atoms with Crippen molar-refractivity contribution in [2.24, 2.45) is 11.8 Å². The molecule has 5 aliphatic rings. The number of anilines is 3. The van der Waals surface area contributed by atoms with Crippen molar-refractivity contribution in [1.29, 1.82) is 0 Å². The van der Waals surface area contributed by atoms with Gasteiger partial charge in [-0.25, -0.2) is 19.2 Å². The molecule has 47 heavy (non-hydrogen) atoms. The number of hydrogen-bond acceptors (Lipinski definition) is 8. The Morgan fingerprint density at radius 3 is 2.45 bits per heavy atom. The van der Waals surface area contributed by atoms with Crippen LogP contribution in [0.15, 0.2) is 30.7 Å². The van der Waals surface area contributed by atoms with Gasteiger partial charge in [0.15, 0.2) is 5.82 Å². The van der Waals surface area contributed by atoms with Crippen molar-refractivity contribution in [3.05, 3.63) is 42.1 Å². The summed E-state index contributed by atoms with van der Waals surface area (Å²) in [5, 5.41) is 0. The van der Waals surface area contributed by atoms with E-state index in [2.05, 4.69) is 14.9 Å². The van der Waals surface area contributed by atoms with Crippen molar-refractivity contribution in [2.75, 3.05) is 49.1 Å². The molecule has 1 aromatic heterocycles. The lowest BCUT2D eigenvalue weighted by Crippen LogP contribution is -2.66. The Labute approximate surface area is 277 Å². The van der Waals surface area contributed by atoms with Crippen LogP contribution in [0.25, 0.3) is 0 Å². The highest BCUT2D eigenvalue weighted by Gasteiger charge is 2.51. The molecule has 1 aromatic carbocycles. The number of benzene rings is 1. The number of ether oxygens (including phenoxy) is 1. The van der Waals surface area contributed by atoms with E-state index in [0.717, 1.165) is 37.2 Å². The molecule has 4 aliphatic heterocycles. The highest BCUT2D eigenvalue weighted by atomic mass is 19.1. The maximum atomic E-state index is 14.5. The predicted molar refractivity (Wildman–Crippen MR) is 177 cm³/mol. The zero-order chi connectivity index (χ0) is 33.6. The molecule has 7 rings (SSSR count). The molecule has 12 heteroatoms. The molecule has 1 aliphatic carbocycles. The van der Waals surface area contributed by atoms with Gasteiger partial charge >= 0.3 is 6.09 Å². The van der Waals surface area contributed by atoms with Gasteiger partial charge in [-0.05, 0) is 91.3 Å². The Morgan fingerprint density at radius 2 is 1.79 bits per heavy atom. The number of halogens is 1. The van der Waals surface area contributed by atoms with Gasteiger partial charge in [0, 0.05) is 57.3 Å². The smallest absolute Gasteiger partial charge is 0.411 e. The SMILES string of the molecule is CCN(C(=O)c1cc(F)ccc1N1CCN(CC2CN(C(=O)[C@@H]3C4CCC(CC4)N3C(=O)OC(C)(C)C)C2)c2ncncc21)C(C)C. The molecule has 1 atom stereocenters. The molecule has 2 aromatic rings. The minimum absolute atomic E-state index is 0.0290. The Morgan fingerprint density at radius 1 is 1.06 bits per heavy atom. The summed E-state index contributed by atoms with van der Waals surface area (Å²) < 4.78 is 20.2. The van der Waals surface area contributed by atoms with Crippen LogP contribution in [0, 0.1) is 17.7 Å². The van der Waals surface area contributed by atoms with Crippen LogP contribution in [0.3, 0.4) is 0 Å². The van der Waals surface area contributed by atoms with E-state index in [-0.39, 0.29) is 41.8 Å². The summed E-state index contributed by atoms with van der Waals surface area (Å²) in [4.78, 5) is 59.3. The van der Waals surface area contributed by atoms with Crippen molar-refractivity contribution in [3.63, 3.8) is 0 Å². The van der Waals surface area contributed by atoms with Crippen molar-refractivity contribution in [1.82, 2.24) is 24.7 Å². The largest absolute Gasteiger partial charge is 0.444 e. The number of fused-ring (bicyclic) bond motifs is 4. The molecule has 1 saturated carbocycles. The van der Waals surface area contributed by atoms with E-state index in [1.165, 1.54) is 18.5 Å². The van der Waals surface area contributed by atoms with Gasteiger partial charge in [0.1, 0.15) is 29.5 Å². The van der Waals surface area contributed by atoms with Crippen molar-refractivity contribution >= 4 is 35.1 Å². The molecule has 5 heterocycles. The van der Waals surface area contributed by atoms with Gasteiger partial charge in [-0.1, -0.05) is 0 Å². The number of carbonyl (C=O) groups excluding carboxylic acids is 3. The molecule has 0 radical (unpaired) electrons. The van der Waals surface area contributed by atoms with Crippen molar-refractivity contribution in [2.45, 2.75) is 91.0 Å². The van der Waals surface area contributed by atoms with E-state index >= 15 is 0 Å². The Bertz CT molecular complexity index is 1500. The van der Waals surface area contributed by atoms with E-state index in [0.29, 0.717) is 50.5 Å². The van der Waals surface area contributed by atoms with Crippen molar-refractivity contribution < 1.29 is 23.5 Å². The summed E-state index contributed by atoms with van der Waals surface area (Å²) in [7, 11) is 0. The standard InChI is InChI=1S/C35H48FN7O4/c1-7-41(22(2)3)32(44)27-16-25(36)10-13-28(27)42-15-14-39(31-29(42)17-37-21-38-31)18-23-19-40(20-23)33(45)30-24-8-11-26(12-9-24)43(30)34(46)47-35(4,5)6/h10,13,16-17,21-24,26,30H,7-9,11-12,14-15,18-20H2,1-6H3/t24?,26?,30-/m0/s1. The second-order valence-corrected chi connectivity index (χ2v) is 14.7. The fourth-order valence-corrected chi connectivity index (χ4v) is 7.85. The van der Waals surface area contributed by atoms with Crippen LogP contribution in [-0.4, -0.2) is 106 Å². The van der Waals surface area contributed by atoms with E-state index < -0.39 is 17.5 Å². The summed E-state index contributed by atoms with van der Waals surface area (Å²) >= 11 is 0. The van der Waals surface area contributed by atoms with Gasteiger partial charge in [0.2, 0.25) is 5.91 Å². The minimum atomic E-state index is -0.620.